The minimum Gasteiger partial charge on any atom is -0.383 e. The first-order valence-electron chi connectivity index (χ1n) is 4.60. The Kier molecular flexibility index (Phi) is 3.70. The highest BCUT2D eigenvalue weighted by Crippen LogP contribution is 2.27. The van der Waals surface area contributed by atoms with Crippen LogP contribution in [0.3, 0.4) is 0 Å². The van der Waals surface area contributed by atoms with Crippen molar-refractivity contribution in [1.29, 1.82) is 0 Å². The third-order valence-corrected chi connectivity index (χ3v) is 3.89. The van der Waals surface area contributed by atoms with Gasteiger partial charge in [-0.2, -0.15) is 0 Å². The maximum atomic E-state index is 6.04. The van der Waals surface area contributed by atoms with E-state index >= 15 is 0 Å². The van der Waals surface area contributed by atoms with Gasteiger partial charge in [0.2, 0.25) is 0 Å². The largest absolute Gasteiger partial charge is 0.383 e. The van der Waals surface area contributed by atoms with Crippen molar-refractivity contribution in [2.45, 2.75) is 6.92 Å². The Morgan fingerprint density at radius 2 is 2.00 bits per heavy atom. The van der Waals surface area contributed by atoms with Gasteiger partial charge in [0.1, 0.15) is 11.5 Å². The van der Waals surface area contributed by atoms with Crippen LogP contribution in [0.2, 0.25) is 10.0 Å². The number of rotatable bonds is 1. The van der Waals surface area contributed by atoms with Crippen molar-refractivity contribution < 1.29 is 0 Å². The van der Waals surface area contributed by atoms with Gasteiger partial charge in [-0.15, -0.1) is 0 Å². The fourth-order valence-corrected chi connectivity index (χ4v) is 1.97. The molecule has 0 fully saturated rings. The Labute approximate surface area is 122 Å². The third-order valence-electron chi connectivity index (χ3n) is 2.06. The molecular formula is C10H7Cl2IN4. The van der Waals surface area contributed by atoms with Gasteiger partial charge in [0.15, 0.2) is 5.82 Å². The monoisotopic (exact) mass is 380 g/mol. The van der Waals surface area contributed by atoms with Crippen molar-refractivity contribution >= 4 is 51.6 Å². The Bertz CT molecular complexity index is 566. The molecule has 2 aromatic heterocycles. The summed E-state index contributed by atoms with van der Waals surface area (Å²) in [6.07, 6.45) is 1.50. The van der Waals surface area contributed by atoms with Gasteiger partial charge in [0, 0.05) is 6.20 Å². The predicted octanol–water partition coefficient (Wildman–Crippen LogP) is 3.34. The van der Waals surface area contributed by atoms with Crippen LogP contribution in [0.5, 0.6) is 0 Å². The number of hydrogen-bond donors (Lipinski definition) is 1. The van der Waals surface area contributed by atoms with Crippen molar-refractivity contribution in [3.8, 4) is 11.5 Å². The second-order valence-corrected chi connectivity index (χ2v) is 5.24. The molecule has 17 heavy (non-hydrogen) atoms. The van der Waals surface area contributed by atoms with E-state index in [0.717, 1.165) is 9.26 Å². The average Bonchev–Trinajstić information content (AvgIpc) is 2.25. The highest BCUT2D eigenvalue weighted by molar-refractivity contribution is 14.1. The van der Waals surface area contributed by atoms with Crippen LogP contribution in [0.15, 0.2) is 12.3 Å². The maximum absolute atomic E-state index is 6.04. The number of aromatic nitrogens is 3. The molecule has 0 saturated heterocycles. The molecule has 0 spiro atoms. The standard InChI is InChI=1S/C10H7Cl2IN4/c1-4-7(13)9(14)17-10(16-4)8-6(12)2-5(11)3-15-8/h2-3H,1H3,(H2,14,16,17). The normalized spacial score (nSPS) is 10.6. The average molecular weight is 381 g/mol. The van der Waals surface area contributed by atoms with Crippen LogP contribution >= 0.6 is 45.8 Å². The van der Waals surface area contributed by atoms with Gasteiger partial charge < -0.3 is 5.73 Å². The molecular weight excluding hydrogens is 374 g/mol. The number of hydrogen-bond acceptors (Lipinski definition) is 4. The van der Waals surface area contributed by atoms with Gasteiger partial charge in [-0.05, 0) is 35.6 Å². The number of nitrogens with two attached hydrogens (primary N) is 1. The summed E-state index contributed by atoms with van der Waals surface area (Å²) >= 11 is 13.9. The fraction of sp³-hybridized carbons (Fsp3) is 0.100. The first-order chi connectivity index (χ1) is 7.99. The van der Waals surface area contributed by atoms with E-state index in [9.17, 15) is 0 Å². The van der Waals surface area contributed by atoms with E-state index in [2.05, 4.69) is 37.5 Å². The van der Waals surface area contributed by atoms with E-state index < -0.39 is 0 Å². The quantitative estimate of drug-likeness (QED) is 0.770. The van der Waals surface area contributed by atoms with Gasteiger partial charge in [0.25, 0.3) is 0 Å². The summed E-state index contributed by atoms with van der Waals surface area (Å²) in [6, 6.07) is 1.60. The molecule has 2 N–H and O–H groups in total. The lowest BCUT2D eigenvalue weighted by Gasteiger charge is -2.06. The van der Waals surface area contributed by atoms with Gasteiger partial charge in [0.05, 0.1) is 19.3 Å². The summed E-state index contributed by atoms with van der Waals surface area (Å²) in [5.41, 5.74) is 7.05. The molecule has 0 aromatic carbocycles. The molecule has 0 atom stereocenters. The molecule has 4 nitrogen and oxygen atoms in total. The van der Waals surface area contributed by atoms with Crippen LogP contribution < -0.4 is 5.73 Å². The number of pyridine rings is 1. The van der Waals surface area contributed by atoms with Crippen LogP contribution in [0.25, 0.3) is 11.5 Å². The van der Waals surface area contributed by atoms with Crippen LogP contribution in [-0.4, -0.2) is 15.0 Å². The number of anilines is 1. The van der Waals surface area contributed by atoms with Gasteiger partial charge >= 0.3 is 0 Å². The third kappa shape index (κ3) is 2.61. The SMILES string of the molecule is Cc1nc(-c2ncc(Cl)cc2Cl)nc(N)c1I. The lowest BCUT2D eigenvalue weighted by Crippen LogP contribution is -2.03. The van der Waals surface area contributed by atoms with Crippen LogP contribution in [0.4, 0.5) is 5.82 Å². The van der Waals surface area contributed by atoms with E-state index in [1.54, 1.807) is 6.07 Å². The topological polar surface area (TPSA) is 64.7 Å². The van der Waals surface area contributed by atoms with Crippen molar-refractivity contribution in [2.24, 2.45) is 0 Å². The van der Waals surface area contributed by atoms with E-state index in [1.165, 1.54) is 6.20 Å². The maximum Gasteiger partial charge on any atom is 0.182 e. The number of halogens is 3. The molecule has 0 aliphatic heterocycles. The van der Waals surface area contributed by atoms with Crippen LogP contribution in [0.1, 0.15) is 5.69 Å². The molecule has 0 radical (unpaired) electrons. The molecule has 7 heteroatoms. The fourth-order valence-electron chi connectivity index (χ4n) is 1.27. The Morgan fingerprint density at radius 1 is 1.29 bits per heavy atom. The van der Waals surface area contributed by atoms with E-state index in [4.69, 9.17) is 28.9 Å². The van der Waals surface area contributed by atoms with Crippen molar-refractivity contribution in [1.82, 2.24) is 15.0 Å². The molecule has 0 aliphatic carbocycles. The lowest BCUT2D eigenvalue weighted by atomic mass is 10.3. The molecule has 88 valence electrons. The van der Waals surface area contributed by atoms with E-state index in [-0.39, 0.29) is 0 Å². The summed E-state index contributed by atoms with van der Waals surface area (Å²) in [5.74, 6) is 0.822. The number of nitrogens with zero attached hydrogens (tertiary/aromatic N) is 3. The summed E-state index contributed by atoms with van der Waals surface area (Å²) < 4.78 is 0.830. The highest BCUT2D eigenvalue weighted by atomic mass is 127. The first-order valence-corrected chi connectivity index (χ1v) is 6.43. The molecule has 2 aromatic rings. The summed E-state index contributed by atoms with van der Waals surface area (Å²) in [7, 11) is 0. The van der Waals surface area contributed by atoms with Crippen LogP contribution in [-0.2, 0) is 0 Å². The number of nitrogen functional groups attached to an aromatic ring is 1. The zero-order chi connectivity index (χ0) is 12.6. The summed E-state index contributed by atoms with van der Waals surface area (Å²) in [4.78, 5) is 12.6. The predicted molar refractivity (Wildman–Crippen MR) is 77.1 cm³/mol. The minimum atomic E-state index is 0.400. The zero-order valence-electron chi connectivity index (χ0n) is 8.71. The van der Waals surface area contributed by atoms with E-state index in [1.807, 2.05) is 6.92 Å². The molecule has 2 heterocycles. The molecule has 2 rings (SSSR count). The van der Waals surface area contributed by atoms with Gasteiger partial charge in [-0.3, -0.25) is 0 Å². The van der Waals surface area contributed by atoms with Gasteiger partial charge in [-0.1, -0.05) is 23.2 Å². The molecule has 0 unspecified atom stereocenters. The first kappa shape index (κ1) is 12.8. The minimum absolute atomic E-state index is 0.400. The van der Waals surface area contributed by atoms with Gasteiger partial charge in [-0.25, -0.2) is 15.0 Å². The second-order valence-electron chi connectivity index (χ2n) is 3.32. The summed E-state index contributed by atoms with van der Waals surface area (Å²) in [5, 5.41) is 0.867. The lowest BCUT2D eigenvalue weighted by molar-refractivity contribution is 1.08. The number of aryl methyl sites for hydroxylation is 1. The Hall–Kier alpha value is -0.660. The van der Waals surface area contributed by atoms with E-state index in [0.29, 0.717) is 27.4 Å². The Balaban J connectivity index is 2.61. The smallest absolute Gasteiger partial charge is 0.182 e. The molecule has 0 amide bonds. The van der Waals surface area contributed by atoms with Crippen molar-refractivity contribution in [2.75, 3.05) is 5.73 Å². The second kappa shape index (κ2) is 4.91. The molecule has 0 saturated carbocycles. The Morgan fingerprint density at radius 3 is 2.59 bits per heavy atom. The highest BCUT2D eigenvalue weighted by Gasteiger charge is 2.12. The molecule has 0 bridgehead atoms. The van der Waals surface area contributed by atoms with Crippen molar-refractivity contribution in [3.63, 3.8) is 0 Å². The van der Waals surface area contributed by atoms with Crippen LogP contribution in [0, 0.1) is 10.5 Å². The molecule has 0 aliphatic rings. The van der Waals surface area contributed by atoms with Crippen molar-refractivity contribution in [3.05, 3.63) is 31.6 Å². The summed E-state index contributed by atoms with van der Waals surface area (Å²) in [6.45, 7) is 1.85. The zero-order valence-corrected chi connectivity index (χ0v) is 12.4.